The predicted octanol–water partition coefficient (Wildman–Crippen LogP) is 0.497. The second-order valence-corrected chi connectivity index (χ2v) is 10.6. The summed E-state index contributed by atoms with van der Waals surface area (Å²) in [5, 5.41) is -1.18. The van der Waals surface area contributed by atoms with E-state index in [0.29, 0.717) is 6.07 Å². The lowest BCUT2D eigenvalue weighted by Gasteiger charge is -2.08. The maximum absolute atomic E-state index is 13.4. The van der Waals surface area contributed by atoms with Gasteiger partial charge in [-0.05, 0) is 18.2 Å². The van der Waals surface area contributed by atoms with E-state index < -0.39 is 44.7 Å². The first-order chi connectivity index (χ1) is 8.80. The molecule has 0 spiro atoms. The Balaban J connectivity index is 3.11. The fourth-order valence-corrected chi connectivity index (χ4v) is 5.13. The molecule has 20 heavy (non-hydrogen) atoms. The Morgan fingerprint density at radius 2 is 1.70 bits per heavy atom. The molecular formula is C8H9ClFNO6S3. The van der Waals surface area contributed by atoms with Gasteiger partial charge in [-0.3, -0.25) is 4.72 Å². The van der Waals surface area contributed by atoms with Gasteiger partial charge in [-0.1, -0.05) is 0 Å². The van der Waals surface area contributed by atoms with E-state index in [4.69, 9.17) is 10.7 Å². The third-order valence-corrected chi connectivity index (χ3v) is 6.69. The Bertz CT molecular complexity index is 831. The molecule has 0 radical (unpaired) electrons. The van der Waals surface area contributed by atoms with Gasteiger partial charge in [0.1, 0.15) is 10.7 Å². The van der Waals surface area contributed by atoms with Crippen LogP contribution in [-0.4, -0.2) is 36.6 Å². The average molecular weight is 366 g/mol. The highest BCUT2D eigenvalue weighted by Crippen LogP contribution is 2.22. The van der Waals surface area contributed by atoms with Crippen molar-refractivity contribution in [1.29, 1.82) is 0 Å². The third kappa shape index (κ3) is 5.23. The van der Waals surface area contributed by atoms with Gasteiger partial charge in [0.05, 0.1) is 5.69 Å². The first-order valence-electron chi connectivity index (χ1n) is 4.73. The van der Waals surface area contributed by atoms with Crippen LogP contribution in [0.3, 0.4) is 0 Å². The zero-order chi connectivity index (χ0) is 15.8. The summed E-state index contributed by atoms with van der Waals surface area (Å²) in [6.07, 6.45) is 0.718. The molecule has 0 fully saturated rings. The zero-order valence-corrected chi connectivity index (χ0v) is 13.1. The Morgan fingerprint density at radius 3 is 2.10 bits per heavy atom. The van der Waals surface area contributed by atoms with Crippen molar-refractivity contribution in [2.24, 2.45) is 0 Å². The number of hydrogen-bond acceptors (Lipinski definition) is 6. The fraction of sp³-hybridized carbons (Fsp3) is 0.250. The summed E-state index contributed by atoms with van der Waals surface area (Å²) in [5.41, 5.74) is -0.324. The van der Waals surface area contributed by atoms with Crippen LogP contribution in [-0.2, 0) is 28.9 Å². The highest BCUT2D eigenvalue weighted by atomic mass is 35.7. The summed E-state index contributed by atoms with van der Waals surface area (Å²) in [5.74, 6) is -1.26. The normalized spacial score (nSPS) is 13.2. The number of anilines is 1. The lowest BCUT2D eigenvalue weighted by molar-refractivity contribution is 0.576. The van der Waals surface area contributed by atoms with Crippen molar-refractivity contribution in [2.75, 3.05) is 16.1 Å². The van der Waals surface area contributed by atoms with Gasteiger partial charge >= 0.3 is 0 Å². The smallest absolute Gasteiger partial charge is 0.264 e. The average Bonchev–Trinajstić information content (AvgIpc) is 2.09. The second-order valence-electron chi connectivity index (χ2n) is 3.84. The number of benzene rings is 1. The second kappa shape index (κ2) is 5.47. The molecule has 1 aromatic rings. The monoisotopic (exact) mass is 365 g/mol. The van der Waals surface area contributed by atoms with Crippen LogP contribution < -0.4 is 4.72 Å². The van der Waals surface area contributed by atoms with E-state index in [1.54, 1.807) is 0 Å². The molecule has 0 aliphatic rings. The first-order valence-corrected chi connectivity index (χ1v) is 10.7. The van der Waals surface area contributed by atoms with E-state index in [2.05, 4.69) is 0 Å². The summed E-state index contributed by atoms with van der Waals surface area (Å²) in [6, 6.07) is 2.28. The Labute approximate surface area is 120 Å². The van der Waals surface area contributed by atoms with Crippen molar-refractivity contribution in [2.45, 2.75) is 4.90 Å². The molecule has 114 valence electrons. The largest absolute Gasteiger partial charge is 0.283 e. The van der Waals surface area contributed by atoms with Gasteiger partial charge in [0.25, 0.3) is 9.05 Å². The first kappa shape index (κ1) is 17.1. The summed E-state index contributed by atoms with van der Waals surface area (Å²) in [4.78, 5) is -0.815. The maximum Gasteiger partial charge on any atom is 0.264 e. The number of halogens is 2. The maximum atomic E-state index is 13.4. The molecule has 0 aromatic heterocycles. The Kier molecular flexibility index (Phi) is 4.69. The molecule has 0 heterocycles. The van der Waals surface area contributed by atoms with E-state index in [0.717, 1.165) is 18.4 Å². The molecule has 0 bridgehead atoms. The van der Waals surface area contributed by atoms with E-state index in [9.17, 15) is 29.6 Å². The minimum absolute atomic E-state index is 0.324. The van der Waals surface area contributed by atoms with Crippen LogP contribution in [0.15, 0.2) is 23.1 Å². The highest BCUT2D eigenvalue weighted by molar-refractivity contribution is 8.13. The summed E-state index contributed by atoms with van der Waals surface area (Å²) in [7, 11) is -7.40. The summed E-state index contributed by atoms with van der Waals surface area (Å²) < 4.78 is 81.8. The molecular weight excluding hydrogens is 357 g/mol. The van der Waals surface area contributed by atoms with E-state index in [-0.39, 0.29) is 5.69 Å². The minimum Gasteiger partial charge on any atom is -0.283 e. The van der Waals surface area contributed by atoms with Crippen LogP contribution >= 0.6 is 10.7 Å². The quantitative estimate of drug-likeness (QED) is 0.760. The van der Waals surface area contributed by atoms with E-state index in [1.165, 1.54) is 0 Å². The topological polar surface area (TPSA) is 114 Å². The number of sulfone groups is 1. The zero-order valence-electron chi connectivity index (χ0n) is 9.87. The predicted molar refractivity (Wildman–Crippen MR) is 71.7 cm³/mol. The van der Waals surface area contributed by atoms with Crippen LogP contribution in [0.2, 0.25) is 0 Å². The molecule has 0 aliphatic carbocycles. The summed E-state index contributed by atoms with van der Waals surface area (Å²) >= 11 is 0. The van der Waals surface area contributed by atoms with Gasteiger partial charge in [0, 0.05) is 16.9 Å². The molecule has 0 unspecified atom stereocenters. The van der Waals surface area contributed by atoms with E-state index in [1.807, 2.05) is 4.72 Å². The molecule has 0 atom stereocenters. The van der Waals surface area contributed by atoms with Gasteiger partial charge in [0.15, 0.2) is 14.9 Å². The Morgan fingerprint density at radius 1 is 1.15 bits per heavy atom. The number of hydrogen-bond donors (Lipinski definition) is 1. The van der Waals surface area contributed by atoms with Gasteiger partial charge in [-0.25, -0.2) is 29.6 Å². The van der Waals surface area contributed by atoms with Crippen molar-refractivity contribution in [3.63, 3.8) is 0 Å². The molecule has 1 aromatic carbocycles. The summed E-state index contributed by atoms with van der Waals surface area (Å²) in [6.45, 7) is 0. The molecule has 7 nitrogen and oxygen atoms in total. The number of nitrogens with one attached hydrogen (secondary N) is 1. The molecule has 0 saturated carbocycles. The lowest BCUT2D eigenvalue weighted by atomic mass is 10.3. The molecule has 0 saturated heterocycles. The SMILES string of the molecule is CS(=O)(=O)CS(=O)(=O)Nc1ccc(S(=O)(=O)Cl)c(F)c1. The fourth-order valence-electron chi connectivity index (χ4n) is 1.25. The molecule has 12 heteroatoms. The lowest BCUT2D eigenvalue weighted by Crippen LogP contribution is -2.22. The number of rotatable bonds is 5. The van der Waals surface area contributed by atoms with Gasteiger partial charge in [-0.15, -0.1) is 0 Å². The van der Waals surface area contributed by atoms with Crippen LogP contribution in [0.1, 0.15) is 0 Å². The Hall–Kier alpha value is -0.910. The van der Waals surface area contributed by atoms with Gasteiger partial charge in [-0.2, -0.15) is 0 Å². The van der Waals surface area contributed by atoms with Gasteiger partial charge in [0.2, 0.25) is 10.0 Å². The van der Waals surface area contributed by atoms with Crippen molar-refractivity contribution in [3.8, 4) is 0 Å². The van der Waals surface area contributed by atoms with Crippen molar-refractivity contribution in [3.05, 3.63) is 24.0 Å². The number of sulfonamides is 1. The van der Waals surface area contributed by atoms with Crippen molar-refractivity contribution >= 4 is 45.3 Å². The van der Waals surface area contributed by atoms with Crippen LogP contribution in [0, 0.1) is 5.82 Å². The van der Waals surface area contributed by atoms with Gasteiger partial charge < -0.3 is 0 Å². The third-order valence-electron chi connectivity index (χ3n) is 1.84. The van der Waals surface area contributed by atoms with E-state index >= 15 is 0 Å². The highest BCUT2D eigenvalue weighted by Gasteiger charge is 2.20. The molecule has 1 rings (SSSR count). The standard InChI is InChI=1S/C8H9ClFNO6S3/c1-18(12,13)5-19(14,15)11-6-2-3-8(7(10)4-6)20(9,16)17/h2-4,11H,5H2,1H3. The molecule has 0 aliphatic heterocycles. The molecule has 1 N–H and O–H groups in total. The molecule has 0 amide bonds. The minimum atomic E-state index is -4.30. The van der Waals surface area contributed by atoms with Crippen molar-refractivity contribution < 1.29 is 29.6 Å². The van der Waals surface area contributed by atoms with Crippen LogP contribution in [0.25, 0.3) is 0 Å². The van der Waals surface area contributed by atoms with Crippen LogP contribution in [0.5, 0.6) is 0 Å². The van der Waals surface area contributed by atoms with Crippen LogP contribution in [0.4, 0.5) is 10.1 Å². The van der Waals surface area contributed by atoms with Crippen molar-refractivity contribution in [1.82, 2.24) is 0 Å².